The molecule has 1 aliphatic heterocycles. The lowest BCUT2D eigenvalue weighted by Crippen LogP contribution is -2.22. The normalized spacial score (nSPS) is 15.7. The summed E-state index contributed by atoms with van der Waals surface area (Å²) in [5, 5.41) is 0. The van der Waals surface area contributed by atoms with Gasteiger partial charge < -0.3 is 14.2 Å². The van der Waals surface area contributed by atoms with E-state index < -0.39 is 0 Å². The van der Waals surface area contributed by atoms with Gasteiger partial charge >= 0.3 is 0 Å². The number of carbonyl (C=O) groups excluding carboxylic acids is 1. The Balaban J connectivity index is 1.37. The first-order valence-electron chi connectivity index (χ1n) is 10.3. The molecule has 1 aliphatic carbocycles. The summed E-state index contributed by atoms with van der Waals surface area (Å²) in [6.07, 6.45) is 2.23. The molecule has 0 spiro atoms. The van der Waals surface area contributed by atoms with Gasteiger partial charge in [-0.15, -0.1) is 0 Å². The van der Waals surface area contributed by atoms with Crippen LogP contribution in [0.1, 0.15) is 29.5 Å². The van der Waals surface area contributed by atoms with Crippen molar-refractivity contribution in [2.24, 2.45) is 0 Å². The number of ether oxygens (including phenoxy) is 3. The van der Waals surface area contributed by atoms with Crippen LogP contribution in [0.15, 0.2) is 60.7 Å². The summed E-state index contributed by atoms with van der Waals surface area (Å²) in [4.78, 5) is 13.3. The fourth-order valence-electron chi connectivity index (χ4n) is 4.35. The van der Waals surface area contributed by atoms with Gasteiger partial charge in [-0.3, -0.25) is 4.79 Å². The molecule has 2 aliphatic rings. The number of rotatable bonds is 6. The summed E-state index contributed by atoms with van der Waals surface area (Å²) in [6.45, 7) is 2.34. The minimum atomic E-state index is -0.375. The number of ketones is 1. The standard InChI is InChI=1S/C26H24O4/c1-17-12-18(6-8-22(17)19-4-3-5-21(14-19)28-2)13-25(27)26(10-11-26)20-7-9-23-24(15-20)30-16-29-23/h3-9,12,14-15H,10-11,13,16H2,1-2H3. The van der Waals surface area contributed by atoms with Gasteiger partial charge in [-0.2, -0.15) is 0 Å². The number of aryl methyl sites for hydroxylation is 1. The van der Waals surface area contributed by atoms with E-state index >= 15 is 0 Å². The van der Waals surface area contributed by atoms with E-state index in [4.69, 9.17) is 14.2 Å². The number of Topliss-reactive ketones (excluding diaryl/α,β-unsaturated/α-hetero) is 1. The molecule has 1 saturated carbocycles. The SMILES string of the molecule is COc1cccc(-c2ccc(CC(=O)C3(c4ccc5c(c4)OCO5)CC3)cc2C)c1. The zero-order chi connectivity index (χ0) is 20.7. The van der Waals surface area contributed by atoms with Crippen molar-refractivity contribution in [2.75, 3.05) is 13.9 Å². The highest BCUT2D eigenvalue weighted by molar-refractivity contribution is 5.95. The Bertz CT molecular complexity index is 1130. The van der Waals surface area contributed by atoms with Gasteiger partial charge in [0.25, 0.3) is 0 Å². The maximum Gasteiger partial charge on any atom is 0.231 e. The molecule has 3 aromatic carbocycles. The largest absolute Gasteiger partial charge is 0.497 e. The zero-order valence-corrected chi connectivity index (χ0v) is 17.2. The van der Waals surface area contributed by atoms with Crippen molar-refractivity contribution < 1.29 is 19.0 Å². The lowest BCUT2D eigenvalue weighted by molar-refractivity contribution is -0.120. The van der Waals surface area contributed by atoms with Gasteiger partial charge in [0.05, 0.1) is 12.5 Å². The lowest BCUT2D eigenvalue weighted by atomic mass is 9.87. The molecular weight excluding hydrogens is 376 g/mol. The van der Waals surface area contributed by atoms with Crippen molar-refractivity contribution in [3.63, 3.8) is 0 Å². The monoisotopic (exact) mass is 400 g/mol. The molecule has 0 bridgehead atoms. The predicted molar refractivity (Wildman–Crippen MR) is 115 cm³/mol. The Morgan fingerprint density at radius 1 is 1.00 bits per heavy atom. The molecule has 0 atom stereocenters. The Morgan fingerprint density at radius 2 is 1.83 bits per heavy atom. The molecule has 0 unspecified atom stereocenters. The quantitative estimate of drug-likeness (QED) is 0.567. The number of fused-ring (bicyclic) bond motifs is 1. The Kier molecular flexibility index (Phi) is 4.50. The van der Waals surface area contributed by atoms with E-state index in [1.54, 1.807) is 7.11 Å². The molecule has 1 heterocycles. The minimum absolute atomic E-state index is 0.249. The number of benzene rings is 3. The molecular formula is C26H24O4. The second kappa shape index (κ2) is 7.21. The molecule has 5 rings (SSSR count). The third-order valence-electron chi connectivity index (χ3n) is 6.25. The van der Waals surface area contributed by atoms with E-state index in [9.17, 15) is 4.79 Å². The number of methoxy groups -OCH3 is 1. The molecule has 0 radical (unpaired) electrons. The van der Waals surface area contributed by atoms with Crippen LogP contribution in [-0.2, 0) is 16.6 Å². The number of hydrogen-bond acceptors (Lipinski definition) is 4. The Labute approximate surface area is 176 Å². The average Bonchev–Trinajstić information content (AvgIpc) is 3.45. The summed E-state index contributed by atoms with van der Waals surface area (Å²) in [6, 6.07) is 20.2. The summed E-state index contributed by atoms with van der Waals surface area (Å²) in [5.74, 6) is 2.61. The average molecular weight is 400 g/mol. The van der Waals surface area contributed by atoms with Gasteiger partial charge in [-0.25, -0.2) is 0 Å². The molecule has 30 heavy (non-hydrogen) atoms. The molecule has 0 N–H and O–H groups in total. The van der Waals surface area contributed by atoms with Crippen molar-refractivity contribution in [1.29, 1.82) is 0 Å². The fraction of sp³-hybridized carbons (Fsp3) is 0.269. The molecule has 0 saturated heterocycles. The molecule has 152 valence electrons. The molecule has 0 amide bonds. The van der Waals surface area contributed by atoms with Crippen molar-refractivity contribution >= 4 is 5.78 Å². The maximum atomic E-state index is 13.3. The van der Waals surface area contributed by atoms with Gasteiger partial charge in [0, 0.05) is 6.42 Å². The van der Waals surface area contributed by atoms with E-state index in [-0.39, 0.29) is 18.0 Å². The lowest BCUT2D eigenvalue weighted by Gasteiger charge is -2.16. The Hall–Kier alpha value is -3.27. The van der Waals surface area contributed by atoms with Gasteiger partial charge in [0.1, 0.15) is 11.5 Å². The molecule has 4 heteroatoms. The van der Waals surface area contributed by atoms with Crippen LogP contribution in [-0.4, -0.2) is 19.7 Å². The predicted octanol–water partition coefficient (Wildman–Crippen LogP) is 5.24. The van der Waals surface area contributed by atoms with Gasteiger partial charge in [0.15, 0.2) is 11.5 Å². The van der Waals surface area contributed by atoms with Crippen molar-refractivity contribution in [3.8, 4) is 28.4 Å². The minimum Gasteiger partial charge on any atom is -0.497 e. The van der Waals surface area contributed by atoms with E-state index in [1.165, 1.54) is 0 Å². The van der Waals surface area contributed by atoms with Crippen LogP contribution in [0.5, 0.6) is 17.2 Å². The van der Waals surface area contributed by atoms with Gasteiger partial charge in [-0.05, 0) is 71.8 Å². The summed E-state index contributed by atoms with van der Waals surface area (Å²) in [5.41, 5.74) is 5.14. The number of carbonyl (C=O) groups is 1. The summed E-state index contributed by atoms with van der Waals surface area (Å²) >= 11 is 0. The second-order valence-electron chi connectivity index (χ2n) is 8.13. The van der Waals surface area contributed by atoms with Crippen LogP contribution in [0.25, 0.3) is 11.1 Å². The smallest absolute Gasteiger partial charge is 0.231 e. The maximum absolute atomic E-state index is 13.3. The molecule has 4 nitrogen and oxygen atoms in total. The molecule has 0 aromatic heterocycles. The first-order chi connectivity index (χ1) is 14.6. The topological polar surface area (TPSA) is 44.8 Å². The number of hydrogen-bond donors (Lipinski definition) is 0. The highest BCUT2D eigenvalue weighted by Crippen LogP contribution is 2.51. The first kappa shape index (κ1) is 18.7. The van der Waals surface area contributed by atoms with E-state index in [0.29, 0.717) is 6.42 Å². The second-order valence-corrected chi connectivity index (χ2v) is 8.13. The summed E-state index contributed by atoms with van der Waals surface area (Å²) in [7, 11) is 1.68. The van der Waals surface area contributed by atoms with Crippen molar-refractivity contribution in [3.05, 3.63) is 77.4 Å². The van der Waals surface area contributed by atoms with E-state index in [1.807, 2.05) is 36.4 Å². The van der Waals surface area contributed by atoms with Crippen LogP contribution >= 0.6 is 0 Å². The Morgan fingerprint density at radius 3 is 2.60 bits per heavy atom. The third-order valence-corrected chi connectivity index (χ3v) is 6.25. The molecule has 1 fully saturated rings. The van der Waals surface area contributed by atoms with Crippen LogP contribution in [0, 0.1) is 6.92 Å². The van der Waals surface area contributed by atoms with Gasteiger partial charge in [-0.1, -0.05) is 36.4 Å². The first-order valence-corrected chi connectivity index (χ1v) is 10.3. The third kappa shape index (κ3) is 3.22. The van der Waals surface area contributed by atoms with Crippen LogP contribution < -0.4 is 14.2 Å². The van der Waals surface area contributed by atoms with Gasteiger partial charge in [0.2, 0.25) is 6.79 Å². The van der Waals surface area contributed by atoms with Crippen molar-refractivity contribution in [1.82, 2.24) is 0 Å². The van der Waals surface area contributed by atoms with Crippen LogP contribution in [0.2, 0.25) is 0 Å². The van der Waals surface area contributed by atoms with E-state index in [2.05, 4.69) is 31.2 Å². The molecule has 3 aromatic rings. The highest BCUT2D eigenvalue weighted by atomic mass is 16.7. The fourth-order valence-corrected chi connectivity index (χ4v) is 4.35. The summed E-state index contributed by atoms with van der Waals surface area (Å²) < 4.78 is 16.3. The zero-order valence-electron chi connectivity index (χ0n) is 17.2. The highest BCUT2D eigenvalue weighted by Gasteiger charge is 2.50. The van der Waals surface area contributed by atoms with Crippen LogP contribution in [0.4, 0.5) is 0 Å². The van der Waals surface area contributed by atoms with Crippen LogP contribution in [0.3, 0.4) is 0 Å². The van der Waals surface area contributed by atoms with E-state index in [0.717, 1.165) is 57.9 Å². The van der Waals surface area contributed by atoms with Crippen molar-refractivity contribution in [2.45, 2.75) is 31.6 Å².